The summed E-state index contributed by atoms with van der Waals surface area (Å²) in [5.41, 5.74) is 4.70. The highest BCUT2D eigenvalue weighted by molar-refractivity contribution is 9.10. The topological polar surface area (TPSA) is 55.9 Å². The Morgan fingerprint density at radius 1 is 1.50 bits per heavy atom. The first kappa shape index (κ1) is 13.5. The molecule has 2 aromatic rings. The van der Waals surface area contributed by atoms with Gasteiger partial charge < -0.3 is 0 Å². The van der Waals surface area contributed by atoms with Crippen LogP contribution in [0.3, 0.4) is 0 Å². The summed E-state index contributed by atoms with van der Waals surface area (Å²) in [6.07, 6.45) is 1.76. The van der Waals surface area contributed by atoms with Crippen molar-refractivity contribution < 1.29 is 0 Å². The van der Waals surface area contributed by atoms with Crippen LogP contribution < -0.4 is 11.3 Å². The number of aryl methyl sites for hydroxylation is 1. The smallest absolute Gasteiger partial charge is 0.0893 e. The molecule has 1 atom stereocenters. The van der Waals surface area contributed by atoms with Crippen molar-refractivity contribution in [3.63, 3.8) is 0 Å². The molecule has 1 aromatic heterocycles. The zero-order valence-electron chi connectivity index (χ0n) is 9.90. The van der Waals surface area contributed by atoms with Crippen LogP contribution in [0.2, 0.25) is 5.02 Å². The van der Waals surface area contributed by atoms with E-state index in [2.05, 4.69) is 26.5 Å². The van der Waals surface area contributed by atoms with Gasteiger partial charge in [-0.15, -0.1) is 0 Å². The molecule has 6 heteroatoms. The molecule has 0 aliphatic rings. The number of hydrogen-bond acceptors (Lipinski definition) is 3. The number of nitrogens with zero attached hydrogens (tertiary/aromatic N) is 2. The van der Waals surface area contributed by atoms with Crippen LogP contribution >= 0.6 is 27.5 Å². The minimum atomic E-state index is -0.183. The summed E-state index contributed by atoms with van der Waals surface area (Å²) in [4.78, 5) is 0. The number of nitrogens with one attached hydrogen (secondary N) is 1. The summed E-state index contributed by atoms with van der Waals surface area (Å²) >= 11 is 9.73. The van der Waals surface area contributed by atoms with Crippen LogP contribution in [0.25, 0.3) is 0 Å². The maximum Gasteiger partial charge on any atom is 0.0893 e. The molecular formula is C12H14BrClN4. The summed E-state index contributed by atoms with van der Waals surface area (Å²) in [6.45, 7) is 2.82. The first-order chi connectivity index (χ1) is 8.69. The van der Waals surface area contributed by atoms with E-state index in [0.717, 1.165) is 22.3 Å². The molecule has 0 aliphatic carbocycles. The van der Waals surface area contributed by atoms with E-state index in [-0.39, 0.29) is 6.04 Å². The zero-order valence-corrected chi connectivity index (χ0v) is 12.2. The Kier molecular flexibility index (Phi) is 4.40. The van der Waals surface area contributed by atoms with E-state index in [9.17, 15) is 0 Å². The number of rotatable bonds is 4. The van der Waals surface area contributed by atoms with E-state index in [1.54, 1.807) is 6.20 Å². The third-order valence-electron chi connectivity index (χ3n) is 2.80. The van der Waals surface area contributed by atoms with Crippen LogP contribution in [0.1, 0.15) is 24.2 Å². The number of halogens is 2. The van der Waals surface area contributed by atoms with Gasteiger partial charge in [-0.25, -0.2) is 5.43 Å². The highest BCUT2D eigenvalue weighted by atomic mass is 79.9. The molecule has 96 valence electrons. The summed E-state index contributed by atoms with van der Waals surface area (Å²) in [6, 6.07) is 7.53. The lowest BCUT2D eigenvalue weighted by Crippen LogP contribution is -2.31. The molecule has 0 bridgehead atoms. The highest BCUT2D eigenvalue weighted by Crippen LogP contribution is 2.32. The summed E-state index contributed by atoms with van der Waals surface area (Å²) < 4.78 is 2.74. The third-order valence-corrected chi connectivity index (χ3v) is 4.11. The Labute approximate surface area is 119 Å². The normalized spacial score (nSPS) is 12.7. The molecule has 1 aromatic carbocycles. The Balaban J connectivity index is 2.49. The molecule has 0 saturated heterocycles. The predicted octanol–water partition coefficient (Wildman–Crippen LogP) is 2.87. The standard InChI is InChI=1S/C12H14BrClN4/c1-2-18-10(6-7-16-18)12(17-15)8-4-3-5-9(13)11(8)14/h3-7,12,17H,2,15H2,1H3. The summed E-state index contributed by atoms with van der Waals surface area (Å²) in [7, 11) is 0. The van der Waals surface area contributed by atoms with E-state index in [1.165, 1.54) is 0 Å². The van der Waals surface area contributed by atoms with Gasteiger partial charge in [-0.05, 0) is 40.5 Å². The first-order valence-electron chi connectivity index (χ1n) is 5.60. The number of nitrogens with two attached hydrogens (primary N) is 1. The maximum atomic E-state index is 6.31. The molecule has 0 spiro atoms. The van der Waals surface area contributed by atoms with Gasteiger partial charge in [-0.1, -0.05) is 23.7 Å². The average molecular weight is 330 g/mol. The van der Waals surface area contributed by atoms with Crippen molar-refractivity contribution in [1.82, 2.24) is 15.2 Å². The maximum absolute atomic E-state index is 6.31. The molecule has 1 unspecified atom stereocenters. The van der Waals surface area contributed by atoms with Gasteiger partial charge in [0.15, 0.2) is 0 Å². The van der Waals surface area contributed by atoms with Crippen molar-refractivity contribution in [2.24, 2.45) is 5.84 Å². The van der Waals surface area contributed by atoms with Gasteiger partial charge in [0.25, 0.3) is 0 Å². The average Bonchev–Trinajstić information content (AvgIpc) is 2.83. The van der Waals surface area contributed by atoms with Gasteiger partial charge in [-0.2, -0.15) is 5.10 Å². The van der Waals surface area contributed by atoms with Gasteiger partial charge in [0.05, 0.1) is 16.8 Å². The van der Waals surface area contributed by atoms with Gasteiger partial charge in [0, 0.05) is 17.2 Å². The van der Waals surface area contributed by atoms with Crippen molar-refractivity contribution in [2.45, 2.75) is 19.5 Å². The fraction of sp³-hybridized carbons (Fsp3) is 0.250. The number of hydrogen-bond donors (Lipinski definition) is 2. The molecule has 18 heavy (non-hydrogen) atoms. The molecule has 2 rings (SSSR count). The van der Waals surface area contributed by atoms with Crippen LogP contribution in [0, 0.1) is 0 Å². The fourth-order valence-corrected chi connectivity index (χ4v) is 2.55. The van der Waals surface area contributed by atoms with E-state index >= 15 is 0 Å². The van der Waals surface area contributed by atoms with Gasteiger partial charge >= 0.3 is 0 Å². The van der Waals surface area contributed by atoms with Gasteiger partial charge in [0.2, 0.25) is 0 Å². The zero-order chi connectivity index (χ0) is 13.1. The van der Waals surface area contributed by atoms with Crippen molar-refractivity contribution in [3.05, 3.63) is 51.2 Å². The molecule has 0 radical (unpaired) electrons. The van der Waals surface area contributed by atoms with E-state index in [1.807, 2.05) is 35.9 Å². The van der Waals surface area contributed by atoms with Crippen LogP contribution in [-0.2, 0) is 6.54 Å². The van der Waals surface area contributed by atoms with Crippen molar-refractivity contribution in [3.8, 4) is 0 Å². The second-order valence-electron chi connectivity index (χ2n) is 3.81. The number of aromatic nitrogens is 2. The van der Waals surface area contributed by atoms with Crippen LogP contribution in [0.5, 0.6) is 0 Å². The molecule has 0 fully saturated rings. The van der Waals surface area contributed by atoms with Crippen molar-refractivity contribution in [1.29, 1.82) is 0 Å². The molecule has 4 nitrogen and oxygen atoms in total. The van der Waals surface area contributed by atoms with Crippen LogP contribution in [-0.4, -0.2) is 9.78 Å². The summed E-state index contributed by atoms with van der Waals surface area (Å²) in [5.74, 6) is 5.67. The van der Waals surface area contributed by atoms with Gasteiger partial charge in [0.1, 0.15) is 0 Å². The monoisotopic (exact) mass is 328 g/mol. The molecule has 3 N–H and O–H groups in total. The Bertz CT molecular complexity index is 541. The predicted molar refractivity (Wildman–Crippen MR) is 76.2 cm³/mol. The van der Waals surface area contributed by atoms with Gasteiger partial charge in [-0.3, -0.25) is 10.5 Å². The minimum absolute atomic E-state index is 0.183. The quantitative estimate of drug-likeness (QED) is 0.670. The Morgan fingerprint density at radius 2 is 2.28 bits per heavy atom. The lowest BCUT2D eigenvalue weighted by atomic mass is 10.0. The Hall–Kier alpha value is -0.880. The lowest BCUT2D eigenvalue weighted by molar-refractivity contribution is 0.543. The lowest BCUT2D eigenvalue weighted by Gasteiger charge is -2.19. The van der Waals surface area contributed by atoms with E-state index in [4.69, 9.17) is 17.4 Å². The van der Waals surface area contributed by atoms with Crippen LogP contribution in [0.15, 0.2) is 34.9 Å². The van der Waals surface area contributed by atoms with Crippen LogP contribution in [0.4, 0.5) is 0 Å². The first-order valence-corrected chi connectivity index (χ1v) is 6.77. The molecular weight excluding hydrogens is 316 g/mol. The molecule has 0 saturated carbocycles. The fourth-order valence-electron chi connectivity index (χ4n) is 1.93. The van der Waals surface area contributed by atoms with E-state index < -0.39 is 0 Å². The largest absolute Gasteiger partial charge is 0.271 e. The molecule has 0 amide bonds. The number of benzene rings is 1. The second kappa shape index (κ2) is 5.84. The molecule has 1 heterocycles. The number of hydrazine groups is 1. The second-order valence-corrected chi connectivity index (χ2v) is 5.05. The highest BCUT2D eigenvalue weighted by Gasteiger charge is 2.20. The SMILES string of the molecule is CCn1nccc1C(NN)c1cccc(Br)c1Cl. The third kappa shape index (κ3) is 2.44. The van der Waals surface area contributed by atoms with Crippen molar-refractivity contribution >= 4 is 27.5 Å². The van der Waals surface area contributed by atoms with Crippen molar-refractivity contribution in [2.75, 3.05) is 0 Å². The summed E-state index contributed by atoms with van der Waals surface area (Å²) in [5, 5.41) is 4.90. The van der Waals surface area contributed by atoms with E-state index in [0.29, 0.717) is 5.02 Å². The Morgan fingerprint density at radius 3 is 2.94 bits per heavy atom. The molecule has 0 aliphatic heterocycles. The minimum Gasteiger partial charge on any atom is -0.271 e.